The van der Waals surface area contributed by atoms with Crippen LogP contribution in [0.1, 0.15) is 46.5 Å². The lowest BCUT2D eigenvalue weighted by atomic mass is 9.95. The Morgan fingerprint density at radius 1 is 1.17 bits per heavy atom. The van der Waals surface area contributed by atoms with Gasteiger partial charge < -0.3 is 10.5 Å². The van der Waals surface area contributed by atoms with Crippen molar-refractivity contribution in [2.45, 2.75) is 52.1 Å². The van der Waals surface area contributed by atoms with Gasteiger partial charge in [0.05, 0.1) is 5.60 Å². The maximum atomic E-state index is 5.79. The van der Waals surface area contributed by atoms with Crippen LogP contribution < -0.4 is 5.73 Å². The predicted molar refractivity (Wildman–Crippen MR) is 53.2 cm³/mol. The van der Waals surface area contributed by atoms with Crippen molar-refractivity contribution in [3.05, 3.63) is 0 Å². The average molecular weight is 173 g/mol. The van der Waals surface area contributed by atoms with Crippen molar-refractivity contribution < 1.29 is 4.74 Å². The molecule has 0 heterocycles. The van der Waals surface area contributed by atoms with Gasteiger partial charge in [-0.1, -0.05) is 27.2 Å². The maximum Gasteiger partial charge on any atom is 0.0801 e. The van der Waals surface area contributed by atoms with Gasteiger partial charge in [-0.15, -0.1) is 0 Å². The number of rotatable bonds is 7. The minimum Gasteiger partial charge on any atom is -0.374 e. The van der Waals surface area contributed by atoms with E-state index in [2.05, 4.69) is 20.8 Å². The van der Waals surface area contributed by atoms with Gasteiger partial charge in [-0.25, -0.2) is 0 Å². The molecule has 0 aliphatic carbocycles. The molecule has 0 fully saturated rings. The van der Waals surface area contributed by atoms with Crippen molar-refractivity contribution in [3.63, 3.8) is 0 Å². The van der Waals surface area contributed by atoms with Crippen LogP contribution >= 0.6 is 0 Å². The summed E-state index contributed by atoms with van der Waals surface area (Å²) in [6, 6.07) is 0. The van der Waals surface area contributed by atoms with Gasteiger partial charge in [0.1, 0.15) is 0 Å². The highest BCUT2D eigenvalue weighted by Crippen LogP contribution is 2.21. The molecule has 2 heteroatoms. The van der Waals surface area contributed by atoms with Gasteiger partial charge in [0.2, 0.25) is 0 Å². The lowest BCUT2D eigenvalue weighted by molar-refractivity contribution is -0.0477. The van der Waals surface area contributed by atoms with Crippen molar-refractivity contribution in [3.8, 4) is 0 Å². The first-order valence-electron chi connectivity index (χ1n) is 5.08. The molecule has 0 aliphatic heterocycles. The van der Waals surface area contributed by atoms with Crippen LogP contribution in [0, 0.1) is 0 Å². The number of hydrogen-bond donors (Lipinski definition) is 1. The van der Waals surface area contributed by atoms with E-state index < -0.39 is 0 Å². The second kappa shape index (κ2) is 6.44. The van der Waals surface area contributed by atoms with Gasteiger partial charge in [-0.3, -0.25) is 0 Å². The Hall–Kier alpha value is -0.0800. The van der Waals surface area contributed by atoms with Crippen LogP contribution in [-0.2, 0) is 4.74 Å². The van der Waals surface area contributed by atoms with Gasteiger partial charge in [0, 0.05) is 13.2 Å². The first-order chi connectivity index (χ1) is 5.74. The van der Waals surface area contributed by atoms with Crippen LogP contribution in [-0.4, -0.2) is 18.8 Å². The molecule has 2 nitrogen and oxygen atoms in total. The van der Waals surface area contributed by atoms with Crippen LogP contribution in [0.3, 0.4) is 0 Å². The lowest BCUT2D eigenvalue weighted by Crippen LogP contribution is -2.40. The third-order valence-electron chi connectivity index (χ3n) is 2.33. The molecule has 0 bridgehead atoms. The molecule has 1 unspecified atom stereocenters. The SMILES string of the molecule is CCCOC(CC)(CN)CCC. The fourth-order valence-corrected chi connectivity index (χ4v) is 1.43. The fourth-order valence-electron chi connectivity index (χ4n) is 1.43. The molecule has 0 amide bonds. The summed E-state index contributed by atoms with van der Waals surface area (Å²) in [7, 11) is 0. The van der Waals surface area contributed by atoms with E-state index in [1.165, 1.54) is 0 Å². The zero-order valence-electron chi connectivity index (χ0n) is 8.73. The summed E-state index contributed by atoms with van der Waals surface area (Å²) in [5.74, 6) is 0. The van der Waals surface area contributed by atoms with E-state index in [0.29, 0.717) is 6.54 Å². The number of nitrogens with two attached hydrogens (primary N) is 1. The van der Waals surface area contributed by atoms with E-state index in [0.717, 1.165) is 32.3 Å². The molecule has 0 aromatic heterocycles. The Bertz CT molecular complexity index is 100. The van der Waals surface area contributed by atoms with E-state index in [-0.39, 0.29) is 5.60 Å². The van der Waals surface area contributed by atoms with E-state index in [9.17, 15) is 0 Å². The molecule has 0 aromatic carbocycles. The third kappa shape index (κ3) is 3.55. The number of hydrogen-bond acceptors (Lipinski definition) is 2. The van der Waals surface area contributed by atoms with Gasteiger partial charge in [-0.2, -0.15) is 0 Å². The quantitative estimate of drug-likeness (QED) is 0.641. The average Bonchev–Trinajstić information content (AvgIpc) is 2.13. The predicted octanol–water partition coefficient (Wildman–Crippen LogP) is 2.32. The van der Waals surface area contributed by atoms with Crippen LogP contribution in [0.5, 0.6) is 0 Å². The highest BCUT2D eigenvalue weighted by Gasteiger charge is 2.25. The Morgan fingerprint density at radius 2 is 1.83 bits per heavy atom. The summed E-state index contributed by atoms with van der Waals surface area (Å²) < 4.78 is 5.79. The minimum atomic E-state index is -0.0369. The summed E-state index contributed by atoms with van der Waals surface area (Å²) in [5, 5.41) is 0. The lowest BCUT2D eigenvalue weighted by Gasteiger charge is -2.31. The van der Waals surface area contributed by atoms with E-state index in [1.54, 1.807) is 0 Å². The summed E-state index contributed by atoms with van der Waals surface area (Å²) in [4.78, 5) is 0. The number of ether oxygens (including phenoxy) is 1. The van der Waals surface area contributed by atoms with Gasteiger partial charge in [0.25, 0.3) is 0 Å². The van der Waals surface area contributed by atoms with E-state index >= 15 is 0 Å². The van der Waals surface area contributed by atoms with Crippen LogP contribution in [0.15, 0.2) is 0 Å². The molecule has 0 aliphatic rings. The third-order valence-corrected chi connectivity index (χ3v) is 2.33. The maximum absolute atomic E-state index is 5.79. The Labute approximate surface area is 76.5 Å². The van der Waals surface area contributed by atoms with Crippen molar-refractivity contribution >= 4 is 0 Å². The van der Waals surface area contributed by atoms with Gasteiger partial charge >= 0.3 is 0 Å². The summed E-state index contributed by atoms with van der Waals surface area (Å²) in [6.07, 6.45) is 4.33. The zero-order valence-corrected chi connectivity index (χ0v) is 8.73. The van der Waals surface area contributed by atoms with Crippen molar-refractivity contribution in [2.75, 3.05) is 13.2 Å². The zero-order chi connectivity index (χ0) is 9.45. The highest BCUT2D eigenvalue weighted by molar-refractivity contribution is 4.79. The molecule has 0 saturated carbocycles. The minimum absolute atomic E-state index is 0.0369. The summed E-state index contributed by atoms with van der Waals surface area (Å²) in [6.45, 7) is 7.94. The first kappa shape index (κ1) is 11.9. The molecule has 2 N–H and O–H groups in total. The largest absolute Gasteiger partial charge is 0.374 e. The Balaban J connectivity index is 3.95. The highest BCUT2D eigenvalue weighted by atomic mass is 16.5. The molecule has 0 rings (SSSR count). The standard InChI is InChI=1S/C10H23NO/c1-4-7-10(6-3,9-11)12-8-5-2/h4-9,11H2,1-3H3. The van der Waals surface area contributed by atoms with E-state index in [1.807, 2.05) is 0 Å². The molecule has 12 heavy (non-hydrogen) atoms. The normalized spacial score (nSPS) is 16.0. The summed E-state index contributed by atoms with van der Waals surface area (Å²) in [5.41, 5.74) is 5.68. The molecule has 1 atom stereocenters. The monoisotopic (exact) mass is 173 g/mol. The topological polar surface area (TPSA) is 35.2 Å². The molecule has 74 valence electrons. The first-order valence-corrected chi connectivity index (χ1v) is 5.08. The molecule has 0 saturated heterocycles. The molecule has 0 spiro atoms. The van der Waals surface area contributed by atoms with Crippen molar-refractivity contribution in [2.24, 2.45) is 5.73 Å². The van der Waals surface area contributed by atoms with Crippen molar-refractivity contribution in [1.82, 2.24) is 0 Å². The second-order valence-corrected chi connectivity index (χ2v) is 3.34. The smallest absolute Gasteiger partial charge is 0.0801 e. The molecular formula is C10H23NO. The van der Waals surface area contributed by atoms with Gasteiger partial charge in [-0.05, 0) is 19.3 Å². The van der Waals surface area contributed by atoms with Gasteiger partial charge in [0.15, 0.2) is 0 Å². The van der Waals surface area contributed by atoms with Crippen LogP contribution in [0.2, 0.25) is 0 Å². The van der Waals surface area contributed by atoms with E-state index in [4.69, 9.17) is 10.5 Å². The van der Waals surface area contributed by atoms with Crippen LogP contribution in [0.25, 0.3) is 0 Å². The molecule has 0 radical (unpaired) electrons. The molecular weight excluding hydrogens is 150 g/mol. The van der Waals surface area contributed by atoms with Crippen molar-refractivity contribution in [1.29, 1.82) is 0 Å². The second-order valence-electron chi connectivity index (χ2n) is 3.34. The fraction of sp³-hybridized carbons (Fsp3) is 1.00. The Kier molecular flexibility index (Phi) is 6.39. The molecule has 0 aromatic rings. The summed E-state index contributed by atoms with van der Waals surface area (Å²) >= 11 is 0. The van der Waals surface area contributed by atoms with Crippen LogP contribution in [0.4, 0.5) is 0 Å². The Morgan fingerprint density at radius 3 is 2.17 bits per heavy atom.